The maximum Gasteiger partial charge on any atom is 0.304 e. The maximum absolute atomic E-state index is 13.2. The summed E-state index contributed by atoms with van der Waals surface area (Å²) in [5, 5.41) is 2.75. The molecule has 0 unspecified atom stereocenters. The molecule has 0 bridgehead atoms. The van der Waals surface area contributed by atoms with Gasteiger partial charge in [0.1, 0.15) is 12.4 Å². The van der Waals surface area contributed by atoms with Gasteiger partial charge in [-0.15, -0.1) is 0 Å². The first kappa shape index (κ1) is 23.2. The van der Waals surface area contributed by atoms with Gasteiger partial charge in [-0.25, -0.2) is 8.70 Å². The van der Waals surface area contributed by atoms with Gasteiger partial charge in [-0.1, -0.05) is 24.3 Å². The number of nitrogens with zero attached hydrogens (tertiary/aromatic N) is 2. The number of benzene rings is 2. The second-order valence-electron chi connectivity index (χ2n) is 6.60. The predicted octanol–water partition coefficient (Wildman–Crippen LogP) is 2.80. The van der Waals surface area contributed by atoms with E-state index in [1.54, 1.807) is 11.8 Å². The monoisotopic (exact) mass is 439 g/mol. The molecule has 0 aromatic heterocycles. The van der Waals surface area contributed by atoms with Crippen LogP contribution in [0.25, 0.3) is 0 Å². The number of carbonyl (C=O) groups is 1. The van der Waals surface area contributed by atoms with Gasteiger partial charge >= 0.3 is 10.2 Å². The Labute approximate surface area is 176 Å². The maximum atomic E-state index is 13.2. The van der Waals surface area contributed by atoms with Crippen molar-refractivity contribution < 1.29 is 17.6 Å². The van der Waals surface area contributed by atoms with Gasteiger partial charge < -0.3 is 5.32 Å². The van der Waals surface area contributed by atoms with Crippen molar-refractivity contribution in [3.63, 3.8) is 0 Å². The largest absolute Gasteiger partial charge is 0.354 e. The predicted molar refractivity (Wildman–Crippen MR) is 117 cm³/mol. The van der Waals surface area contributed by atoms with E-state index in [4.69, 9.17) is 0 Å². The summed E-state index contributed by atoms with van der Waals surface area (Å²) < 4.78 is 40.4. The van der Waals surface area contributed by atoms with Crippen LogP contribution in [0.1, 0.15) is 11.1 Å². The lowest BCUT2D eigenvalue weighted by molar-refractivity contribution is -0.119. The first-order valence-corrected chi connectivity index (χ1v) is 11.6. The molecular formula is C20H26FN3O3S2. The molecule has 6 nitrogen and oxygen atoms in total. The topological polar surface area (TPSA) is 69.7 Å². The Morgan fingerprint density at radius 3 is 2.38 bits per heavy atom. The number of thioether (sulfide) groups is 1. The minimum atomic E-state index is -3.90. The molecule has 2 aromatic rings. The minimum Gasteiger partial charge on any atom is -0.354 e. The number of carbonyl (C=O) groups excluding carboxylic acids is 1. The van der Waals surface area contributed by atoms with Crippen LogP contribution >= 0.6 is 11.8 Å². The molecule has 2 rings (SSSR count). The summed E-state index contributed by atoms with van der Waals surface area (Å²) in [5.41, 5.74) is 2.71. The lowest BCUT2D eigenvalue weighted by Crippen LogP contribution is -2.46. The number of hydrogen-bond acceptors (Lipinski definition) is 4. The summed E-state index contributed by atoms with van der Waals surface area (Å²) in [7, 11) is -1.14. The average molecular weight is 440 g/mol. The molecule has 0 aliphatic carbocycles. The lowest BCUT2D eigenvalue weighted by Gasteiger charge is -2.26. The number of rotatable bonds is 10. The highest BCUT2D eigenvalue weighted by Crippen LogP contribution is 2.20. The fraction of sp³-hybridized carbons (Fsp3) is 0.350. The Balaban J connectivity index is 1.91. The van der Waals surface area contributed by atoms with E-state index in [1.165, 1.54) is 37.4 Å². The third kappa shape index (κ3) is 6.73. The van der Waals surface area contributed by atoms with Crippen LogP contribution < -0.4 is 9.62 Å². The van der Waals surface area contributed by atoms with Crippen LogP contribution in [0.2, 0.25) is 0 Å². The van der Waals surface area contributed by atoms with Crippen LogP contribution in [-0.2, 0) is 20.8 Å². The molecule has 0 radical (unpaired) electrons. The quantitative estimate of drug-likeness (QED) is 0.578. The van der Waals surface area contributed by atoms with Crippen molar-refractivity contribution in [2.75, 3.05) is 37.2 Å². The van der Waals surface area contributed by atoms with Gasteiger partial charge in [0.05, 0.1) is 5.69 Å². The third-order valence-corrected chi connectivity index (χ3v) is 7.06. The Kier molecular flexibility index (Phi) is 8.48. The molecular weight excluding hydrogens is 413 g/mol. The van der Waals surface area contributed by atoms with Crippen molar-refractivity contribution >= 4 is 33.6 Å². The SMILES string of the molecule is Cc1ccccc1CSCCNC(=O)CN(c1ccc(F)cc1)S(=O)(=O)N(C)C. The fourth-order valence-electron chi connectivity index (χ4n) is 2.51. The van der Waals surface area contributed by atoms with Crippen LogP contribution in [0.3, 0.4) is 0 Å². The van der Waals surface area contributed by atoms with Crippen molar-refractivity contribution in [1.82, 2.24) is 9.62 Å². The van der Waals surface area contributed by atoms with Crippen molar-refractivity contribution in [2.45, 2.75) is 12.7 Å². The fourth-order valence-corrected chi connectivity index (χ4v) is 4.51. The number of aryl methyl sites for hydroxylation is 1. The summed E-state index contributed by atoms with van der Waals surface area (Å²) in [4.78, 5) is 12.3. The Hall–Kier alpha value is -2.10. The number of nitrogens with one attached hydrogen (secondary N) is 1. The molecule has 0 saturated heterocycles. The zero-order valence-electron chi connectivity index (χ0n) is 16.8. The van der Waals surface area contributed by atoms with Gasteiger partial charge in [-0.2, -0.15) is 24.5 Å². The zero-order chi connectivity index (χ0) is 21.4. The molecule has 29 heavy (non-hydrogen) atoms. The molecule has 1 amide bonds. The van der Waals surface area contributed by atoms with Crippen LogP contribution in [0.5, 0.6) is 0 Å². The van der Waals surface area contributed by atoms with Gasteiger partial charge in [0.25, 0.3) is 0 Å². The van der Waals surface area contributed by atoms with Crippen LogP contribution in [0.4, 0.5) is 10.1 Å². The highest BCUT2D eigenvalue weighted by molar-refractivity contribution is 7.98. The van der Waals surface area contributed by atoms with Gasteiger partial charge in [0.2, 0.25) is 5.91 Å². The standard InChI is InChI=1S/C20H26FN3O3S2/c1-16-6-4-5-7-17(16)15-28-13-12-22-20(25)14-24(29(26,27)23(2)3)19-10-8-18(21)9-11-19/h4-11H,12-15H2,1-3H3,(H,22,25). The van der Waals surface area contributed by atoms with Crippen molar-refractivity contribution in [3.05, 3.63) is 65.5 Å². The molecule has 9 heteroatoms. The molecule has 0 aliphatic heterocycles. The average Bonchev–Trinajstić information content (AvgIpc) is 2.68. The normalized spacial score (nSPS) is 11.5. The highest BCUT2D eigenvalue weighted by Gasteiger charge is 2.27. The van der Waals surface area contributed by atoms with Crippen molar-refractivity contribution in [2.24, 2.45) is 0 Å². The third-order valence-electron chi connectivity index (χ3n) is 4.23. The van der Waals surface area contributed by atoms with E-state index in [1.807, 2.05) is 12.1 Å². The lowest BCUT2D eigenvalue weighted by atomic mass is 10.1. The van der Waals surface area contributed by atoms with Gasteiger partial charge in [0, 0.05) is 32.1 Å². The number of anilines is 1. The summed E-state index contributed by atoms with van der Waals surface area (Å²) in [6.07, 6.45) is 0. The number of halogens is 1. The summed E-state index contributed by atoms with van der Waals surface area (Å²) >= 11 is 1.69. The molecule has 0 spiro atoms. The molecule has 158 valence electrons. The summed E-state index contributed by atoms with van der Waals surface area (Å²) in [5.74, 6) is 0.651. The van der Waals surface area contributed by atoms with E-state index < -0.39 is 21.9 Å². The van der Waals surface area contributed by atoms with Crippen molar-refractivity contribution in [1.29, 1.82) is 0 Å². The number of amides is 1. The van der Waals surface area contributed by atoms with E-state index in [9.17, 15) is 17.6 Å². The second-order valence-corrected chi connectivity index (χ2v) is 9.77. The molecule has 0 fully saturated rings. The van der Waals surface area contributed by atoms with E-state index in [2.05, 4.69) is 24.4 Å². The number of hydrogen-bond donors (Lipinski definition) is 1. The first-order valence-electron chi connectivity index (χ1n) is 9.06. The Morgan fingerprint density at radius 2 is 1.76 bits per heavy atom. The molecule has 1 N–H and O–H groups in total. The van der Waals surface area contributed by atoms with Gasteiger partial charge in [-0.05, 0) is 42.3 Å². The minimum absolute atomic E-state index is 0.226. The molecule has 0 atom stereocenters. The van der Waals surface area contributed by atoms with E-state index in [0.29, 0.717) is 12.3 Å². The highest BCUT2D eigenvalue weighted by atomic mass is 32.2. The van der Waals surface area contributed by atoms with Crippen LogP contribution in [0.15, 0.2) is 48.5 Å². The van der Waals surface area contributed by atoms with Crippen LogP contribution in [0, 0.1) is 12.7 Å². The van der Waals surface area contributed by atoms with E-state index in [0.717, 1.165) is 26.5 Å². The van der Waals surface area contributed by atoms with E-state index >= 15 is 0 Å². The summed E-state index contributed by atoms with van der Waals surface area (Å²) in [6.45, 7) is 2.11. The second kappa shape index (κ2) is 10.6. The molecule has 0 aliphatic rings. The summed E-state index contributed by atoms with van der Waals surface area (Å²) in [6, 6.07) is 13.1. The van der Waals surface area contributed by atoms with Crippen LogP contribution in [-0.4, -0.2) is 51.6 Å². The molecule has 0 heterocycles. The Bertz CT molecular complexity index is 919. The van der Waals surface area contributed by atoms with Crippen molar-refractivity contribution in [3.8, 4) is 0 Å². The molecule has 0 saturated carbocycles. The first-order chi connectivity index (χ1) is 13.7. The zero-order valence-corrected chi connectivity index (χ0v) is 18.4. The van der Waals surface area contributed by atoms with E-state index in [-0.39, 0.29) is 12.2 Å². The smallest absolute Gasteiger partial charge is 0.304 e. The molecule has 2 aromatic carbocycles. The Morgan fingerprint density at radius 1 is 1.10 bits per heavy atom. The van der Waals surface area contributed by atoms with Gasteiger partial charge in [-0.3, -0.25) is 4.79 Å². The van der Waals surface area contributed by atoms with Gasteiger partial charge in [0.15, 0.2) is 0 Å².